The van der Waals surface area contributed by atoms with Crippen LogP contribution in [-0.4, -0.2) is 9.78 Å². The fourth-order valence-corrected chi connectivity index (χ4v) is 1.90. The number of hydrogen-bond acceptors (Lipinski definition) is 1. The van der Waals surface area contributed by atoms with E-state index >= 15 is 0 Å². The van der Waals surface area contributed by atoms with Crippen LogP contribution in [0.2, 0.25) is 0 Å². The molecule has 1 aromatic carbocycles. The quantitative estimate of drug-likeness (QED) is 0.891. The number of halogens is 1. The molecule has 0 aliphatic heterocycles. The molecule has 15 heavy (non-hydrogen) atoms. The number of nitrogens with zero attached hydrogens (tertiary/aromatic N) is 1. The van der Waals surface area contributed by atoms with Gasteiger partial charge < -0.3 is 0 Å². The Hall–Kier alpha value is -1.29. The first-order chi connectivity index (χ1) is 7.22. The highest BCUT2D eigenvalue weighted by Gasteiger charge is 2.06. The van der Waals surface area contributed by atoms with E-state index in [0.717, 1.165) is 22.3 Å². The fourth-order valence-electron chi connectivity index (χ4n) is 1.44. The van der Waals surface area contributed by atoms with Crippen LogP contribution in [0.15, 0.2) is 39.6 Å². The van der Waals surface area contributed by atoms with E-state index in [0.29, 0.717) is 0 Å². The maximum Gasteiger partial charge on any atom is 0.271 e. The van der Waals surface area contributed by atoms with Gasteiger partial charge in [0.05, 0.1) is 5.69 Å². The Kier molecular flexibility index (Phi) is 2.77. The lowest BCUT2D eigenvalue weighted by atomic mass is 10.3. The zero-order chi connectivity index (χ0) is 10.8. The molecule has 2 aromatic rings. The SMILES string of the molecule is CCc1cc(=O)n(-c2ccccc2Br)[nH]1. The van der Waals surface area contributed by atoms with Crippen molar-refractivity contribution >= 4 is 15.9 Å². The van der Waals surface area contributed by atoms with E-state index < -0.39 is 0 Å². The zero-order valence-corrected chi connectivity index (χ0v) is 9.91. The minimum absolute atomic E-state index is 0.0289. The van der Waals surface area contributed by atoms with Crippen LogP contribution in [0.25, 0.3) is 5.69 Å². The Bertz CT molecular complexity index is 527. The van der Waals surface area contributed by atoms with Crippen LogP contribution in [0.5, 0.6) is 0 Å². The summed E-state index contributed by atoms with van der Waals surface area (Å²) in [5.41, 5.74) is 1.75. The Morgan fingerprint density at radius 2 is 2.13 bits per heavy atom. The number of para-hydroxylation sites is 1. The average Bonchev–Trinajstić information content (AvgIpc) is 2.60. The van der Waals surface area contributed by atoms with E-state index in [1.807, 2.05) is 31.2 Å². The molecule has 0 saturated heterocycles. The molecule has 2 rings (SSSR count). The first kappa shape index (κ1) is 10.2. The maximum absolute atomic E-state index is 11.7. The molecule has 1 heterocycles. The van der Waals surface area contributed by atoms with Crippen LogP contribution in [-0.2, 0) is 6.42 Å². The predicted octanol–water partition coefficient (Wildman–Crippen LogP) is 2.49. The van der Waals surface area contributed by atoms with Crippen molar-refractivity contribution in [3.05, 3.63) is 50.9 Å². The van der Waals surface area contributed by atoms with Crippen molar-refractivity contribution in [2.75, 3.05) is 0 Å². The van der Waals surface area contributed by atoms with Crippen LogP contribution >= 0.6 is 15.9 Å². The summed E-state index contributed by atoms with van der Waals surface area (Å²) in [4.78, 5) is 11.7. The number of rotatable bonds is 2. The smallest absolute Gasteiger partial charge is 0.271 e. The minimum atomic E-state index is -0.0289. The summed E-state index contributed by atoms with van der Waals surface area (Å²) in [6.07, 6.45) is 0.826. The molecule has 0 amide bonds. The van der Waals surface area contributed by atoms with Gasteiger partial charge in [-0.3, -0.25) is 9.89 Å². The molecule has 78 valence electrons. The molecule has 0 saturated carbocycles. The van der Waals surface area contributed by atoms with Crippen LogP contribution < -0.4 is 5.56 Å². The van der Waals surface area contributed by atoms with Crippen molar-refractivity contribution in [1.82, 2.24) is 9.78 Å². The Morgan fingerprint density at radius 3 is 2.73 bits per heavy atom. The molecular weight excluding hydrogens is 256 g/mol. The van der Waals surface area contributed by atoms with Gasteiger partial charge in [-0.2, -0.15) is 0 Å². The number of aromatic amines is 1. The summed E-state index contributed by atoms with van der Waals surface area (Å²) < 4.78 is 2.44. The van der Waals surface area contributed by atoms with E-state index in [1.54, 1.807) is 10.7 Å². The number of H-pyrrole nitrogens is 1. The molecular formula is C11H11BrN2O. The molecule has 1 aromatic heterocycles. The molecule has 4 heteroatoms. The predicted molar refractivity (Wildman–Crippen MR) is 63.5 cm³/mol. The molecule has 0 atom stereocenters. The summed E-state index contributed by atoms with van der Waals surface area (Å²) in [6, 6.07) is 9.25. The molecule has 0 bridgehead atoms. The summed E-state index contributed by atoms with van der Waals surface area (Å²) in [5, 5.41) is 3.06. The van der Waals surface area contributed by atoms with Gasteiger partial charge in [0, 0.05) is 16.2 Å². The third-order valence-corrected chi connectivity index (χ3v) is 2.92. The Balaban J connectivity index is 2.59. The largest absolute Gasteiger partial charge is 0.295 e. The molecule has 0 aliphatic carbocycles. The second kappa shape index (κ2) is 4.06. The number of hydrogen-bond donors (Lipinski definition) is 1. The molecule has 0 unspecified atom stereocenters. The lowest BCUT2D eigenvalue weighted by Crippen LogP contribution is -2.13. The van der Waals surface area contributed by atoms with E-state index in [9.17, 15) is 4.79 Å². The third-order valence-electron chi connectivity index (χ3n) is 2.25. The zero-order valence-electron chi connectivity index (χ0n) is 8.33. The van der Waals surface area contributed by atoms with Crippen molar-refractivity contribution in [3.8, 4) is 5.69 Å². The molecule has 3 nitrogen and oxygen atoms in total. The monoisotopic (exact) mass is 266 g/mol. The van der Waals surface area contributed by atoms with Crippen LogP contribution in [0.1, 0.15) is 12.6 Å². The van der Waals surface area contributed by atoms with Crippen molar-refractivity contribution in [3.63, 3.8) is 0 Å². The second-order valence-electron chi connectivity index (χ2n) is 3.26. The van der Waals surface area contributed by atoms with Crippen LogP contribution in [0, 0.1) is 0 Å². The first-order valence-electron chi connectivity index (χ1n) is 4.78. The number of nitrogens with one attached hydrogen (secondary N) is 1. The topological polar surface area (TPSA) is 37.8 Å². The minimum Gasteiger partial charge on any atom is -0.295 e. The van der Waals surface area contributed by atoms with Gasteiger partial charge in [0.15, 0.2) is 0 Å². The van der Waals surface area contributed by atoms with Gasteiger partial charge in [0.25, 0.3) is 5.56 Å². The fraction of sp³-hybridized carbons (Fsp3) is 0.182. The van der Waals surface area contributed by atoms with Crippen LogP contribution in [0.4, 0.5) is 0 Å². The van der Waals surface area contributed by atoms with Crippen molar-refractivity contribution in [1.29, 1.82) is 0 Å². The lowest BCUT2D eigenvalue weighted by molar-refractivity contribution is 0.816. The van der Waals surface area contributed by atoms with E-state index in [-0.39, 0.29) is 5.56 Å². The lowest BCUT2D eigenvalue weighted by Gasteiger charge is -2.03. The highest BCUT2D eigenvalue weighted by Crippen LogP contribution is 2.18. The van der Waals surface area contributed by atoms with Gasteiger partial charge in [0.1, 0.15) is 0 Å². The number of benzene rings is 1. The van der Waals surface area contributed by atoms with Crippen molar-refractivity contribution < 1.29 is 0 Å². The first-order valence-corrected chi connectivity index (χ1v) is 5.57. The van der Waals surface area contributed by atoms with Gasteiger partial charge in [-0.25, -0.2) is 4.68 Å². The summed E-state index contributed by atoms with van der Waals surface area (Å²) in [5.74, 6) is 0. The molecule has 0 radical (unpaired) electrons. The standard InChI is InChI=1S/C11H11BrN2O/c1-2-8-7-11(15)14(13-8)10-6-4-3-5-9(10)12/h3-7,13H,2H2,1H3. The van der Waals surface area contributed by atoms with E-state index in [2.05, 4.69) is 21.0 Å². The molecule has 0 fully saturated rings. The summed E-state index contributed by atoms with van der Waals surface area (Å²) >= 11 is 3.42. The Labute approximate surface area is 95.9 Å². The average molecular weight is 267 g/mol. The van der Waals surface area contributed by atoms with Crippen molar-refractivity contribution in [2.24, 2.45) is 0 Å². The molecule has 1 N–H and O–H groups in total. The van der Waals surface area contributed by atoms with Gasteiger partial charge in [0.2, 0.25) is 0 Å². The molecule has 0 spiro atoms. The number of aromatic nitrogens is 2. The second-order valence-corrected chi connectivity index (χ2v) is 4.11. The van der Waals surface area contributed by atoms with Crippen molar-refractivity contribution in [2.45, 2.75) is 13.3 Å². The normalized spacial score (nSPS) is 10.5. The van der Waals surface area contributed by atoms with Crippen LogP contribution in [0.3, 0.4) is 0 Å². The van der Waals surface area contributed by atoms with Gasteiger partial charge in [-0.15, -0.1) is 0 Å². The number of aryl methyl sites for hydroxylation is 1. The highest BCUT2D eigenvalue weighted by atomic mass is 79.9. The van der Waals surface area contributed by atoms with Gasteiger partial charge >= 0.3 is 0 Å². The highest BCUT2D eigenvalue weighted by molar-refractivity contribution is 9.10. The summed E-state index contributed by atoms with van der Waals surface area (Å²) in [6.45, 7) is 2.01. The Morgan fingerprint density at radius 1 is 1.40 bits per heavy atom. The third kappa shape index (κ3) is 1.90. The van der Waals surface area contributed by atoms with E-state index in [4.69, 9.17) is 0 Å². The molecule has 0 aliphatic rings. The van der Waals surface area contributed by atoms with E-state index in [1.165, 1.54) is 0 Å². The summed E-state index contributed by atoms with van der Waals surface area (Å²) in [7, 11) is 0. The maximum atomic E-state index is 11.7. The van der Waals surface area contributed by atoms with Gasteiger partial charge in [-0.1, -0.05) is 19.1 Å². The van der Waals surface area contributed by atoms with Gasteiger partial charge in [-0.05, 0) is 34.5 Å².